The average Bonchev–Trinajstić information content (AvgIpc) is 3.33. The number of carbonyl (C=O) groups excluding carboxylic acids is 1. The molecule has 1 unspecified atom stereocenters. The summed E-state index contributed by atoms with van der Waals surface area (Å²) in [5.41, 5.74) is 0. The highest BCUT2D eigenvalue weighted by Gasteiger charge is 2.30. The van der Waals surface area contributed by atoms with Crippen molar-refractivity contribution in [3.05, 3.63) is 11.6 Å². The molecule has 1 aromatic rings. The molecule has 0 bridgehead atoms. The van der Waals surface area contributed by atoms with Crippen LogP contribution in [0, 0.1) is 5.92 Å². The van der Waals surface area contributed by atoms with Gasteiger partial charge in [0.25, 0.3) is 0 Å². The molecule has 3 heterocycles. The lowest BCUT2D eigenvalue weighted by Crippen LogP contribution is -2.40. The SMILES string of the molecule is Cn1c(CN2CCCCC2)nnc1C1CCCN(C(=O)CC2CCCC2)C1. The monoisotopic (exact) mass is 373 g/mol. The zero-order valence-electron chi connectivity index (χ0n) is 16.9. The summed E-state index contributed by atoms with van der Waals surface area (Å²) >= 11 is 0. The molecule has 0 aromatic carbocycles. The van der Waals surface area contributed by atoms with E-state index >= 15 is 0 Å². The molecule has 6 nitrogen and oxygen atoms in total. The van der Waals surface area contributed by atoms with Crippen molar-refractivity contribution in [2.24, 2.45) is 13.0 Å². The molecule has 2 aliphatic heterocycles. The maximum atomic E-state index is 12.8. The molecule has 27 heavy (non-hydrogen) atoms. The molecule has 4 rings (SSSR count). The van der Waals surface area contributed by atoms with E-state index in [0.29, 0.717) is 17.7 Å². The first-order valence-electron chi connectivity index (χ1n) is 11.1. The molecule has 1 atom stereocenters. The molecule has 1 saturated carbocycles. The van der Waals surface area contributed by atoms with E-state index in [1.165, 1.54) is 58.0 Å². The summed E-state index contributed by atoms with van der Waals surface area (Å²) < 4.78 is 2.20. The van der Waals surface area contributed by atoms with Crippen molar-refractivity contribution in [1.82, 2.24) is 24.6 Å². The van der Waals surface area contributed by atoms with E-state index in [0.717, 1.165) is 50.5 Å². The summed E-state index contributed by atoms with van der Waals surface area (Å²) in [5.74, 6) is 3.46. The minimum absolute atomic E-state index is 0.332. The van der Waals surface area contributed by atoms with E-state index < -0.39 is 0 Å². The van der Waals surface area contributed by atoms with E-state index in [-0.39, 0.29) is 0 Å². The number of hydrogen-bond acceptors (Lipinski definition) is 4. The van der Waals surface area contributed by atoms with Gasteiger partial charge in [-0.1, -0.05) is 19.3 Å². The molecule has 6 heteroatoms. The highest BCUT2D eigenvalue weighted by molar-refractivity contribution is 5.76. The molecule has 0 N–H and O–H groups in total. The Morgan fingerprint density at radius 1 is 0.963 bits per heavy atom. The van der Waals surface area contributed by atoms with Gasteiger partial charge in [0.2, 0.25) is 5.91 Å². The fraction of sp³-hybridized carbons (Fsp3) is 0.857. The lowest BCUT2D eigenvalue weighted by atomic mass is 9.95. The van der Waals surface area contributed by atoms with Gasteiger partial charge >= 0.3 is 0 Å². The van der Waals surface area contributed by atoms with Gasteiger partial charge in [-0.2, -0.15) is 0 Å². The molecular formula is C21H35N5O. The second-order valence-electron chi connectivity index (χ2n) is 8.90. The maximum Gasteiger partial charge on any atom is 0.222 e. The Hall–Kier alpha value is -1.43. The number of amides is 1. The molecule has 3 aliphatic rings. The fourth-order valence-corrected chi connectivity index (χ4v) is 5.19. The second kappa shape index (κ2) is 8.72. The molecule has 0 radical (unpaired) electrons. The number of likely N-dealkylation sites (tertiary alicyclic amines) is 2. The first-order valence-corrected chi connectivity index (χ1v) is 11.1. The largest absolute Gasteiger partial charge is 0.342 e. The van der Waals surface area contributed by atoms with Gasteiger partial charge in [0, 0.05) is 32.5 Å². The highest BCUT2D eigenvalue weighted by Crippen LogP contribution is 2.30. The van der Waals surface area contributed by atoms with Crippen molar-refractivity contribution in [2.45, 2.75) is 76.7 Å². The molecule has 1 aliphatic carbocycles. The molecule has 1 aromatic heterocycles. The standard InChI is InChI=1S/C21H35N5O/c1-24-19(16-25-11-5-2-6-12-25)22-23-21(24)18-10-7-13-26(15-18)20(27)14-17-8-3-4-9-17/h17-18H,2-16H2,1H3. The van der Waals surface area contributed by atoms with Crippen LogP contribution in [0.25, 0.3) is 0 Å². The quantitative estimate of drug-likeness (QED) is 0.796. The normalized spacial score (nSPS) is 25.2. The van der Waals surface area contributed by atoms with Gasteiger partial charge in [-0.25, -0.2) is 0 Å². The summed E-state index contributed by atoms with van der Waals surface area (Å²) in [5, 5.41) is 9.06. The van der Waals surface area contributed by atoms with Crippen molar-refractivity contribution in [2.75, 3.05) is 26.2 Å². The minimum Gasteiger partial charge on any atom is -0.342 e. The Labute approximate surface area is 163 Å². The van der Waals surface area contributed by atoms with Crippen molar-refractivity contribution >= 4 is 5.91 Å². The number of carbonyl (C=O) groups is 1. The molecule has 150 valence electrons. The lowest BCUT2D eigenvalue weighted by Gasteiger charge is -2.33. The van der Waals surface area contributed by atoms with Crippen LogP contribution in [-0.2, 0) is 18.4 Å². The third-order valence-corrected chi connectivity index (χ3v) is 6.89. The second-order valence-corrected chi connectivity index (χ2v) is 8.90. The zero-order valence-corrected chi connectivity index (χ0v) is 16.9. The Bertz CT molecular complexity index is 631. The van der Waals surface area contributed by atoms with Gasteiger partial charge in [-0.05, 0) is 57.5 Å². The minimum atomic E-state index is 0.332. The fourth-order valence-electron chi connectivity index (χ4n) is 5.19. The van der Waals surface area contributed by atoms with Crippen LogP contribution in [-0.4, -0.2) is 56.7 Å². The summed E-state index contributed by atoms with van der Waals surface area (Å²) in [6.07, 6.45) is 12.0. The van der Waals surface area contributed by atoms with Crippen molar-refractivity contribution in [3.63, 3.8) is 0 Å². The molecule has 2 saturated heterocycles. The van der Waals surface area contributed by atoms with Crippen molar-refractivity contribution in [3.8, 4) is 0 Å². The highest BCUT2D eigenvalue weighted by atomic mass is 16.2. The molecule has 0 spiro atoms. The van der Waals surface area contributed by atoms with Crippen molar-refractivity contribution in [1.29, 1.82) is 0 Å². The Morgan fingerprint density at radius 2 is 1.74 bits per heavy atom. The van der Waals surface area contributed by atoms with Gasteiger partial charge in [0.1, 0.15) is 11.6 Å². The van der Waals surface area contributed by atoms with Crippen LogP contribution in [0.15, 0.2) is 0 Å². The molecule has 3 fully saturated rings. The van der Waals surface area contributed by atoms with Crippen LogP contribution in [0.2, 0.25) is 0 Å². The van der Waals surface area contributed by atoms with Crippen LogP contribution in [0.3, 0.4) is 0 Å². The van der Waals surface area contributed by atoms with Crippen LogP contribution in [0.5, 0.6) is 0 Å². The Balaban J connectivity index is 1.36. The van der Waals surface area contributed by atoms with Gasteiger partial charge in [0.15, 0.2) is 0 Å². The predicted octanol–water partition coefficient (Wildman–Crippen LogP) is 3.09. The topological polar surface area (TPSA) is 54.3 Å². The van der Waals surface area contributed by atoms with Gasteiger partial charge in [0.05, 0.1) is 6.54 Å². The van der Waals surface area contributed by atoms with Crippen LogP contribution < -0.4 is 0 Å². The van der Waals surface area contributed by atoms with E-state index in [1.54, 1.807) is 0 Å². The van der Waals surface area contributed by atoms with E-state index in [1.807, 2.05) is 0 Å². The first kappa shape index (κ1) is 18.9. The third-order valence-electron chi connectivity index (χ3n) is 6.89. The van der Waals surface area contributed by atoms with Crippen molar-refractivity contribution < 1.29 is 4.79 Å². The summed E-state index contributed by atoms with van der Waals surface area (Å²) in [7, 11) is 2.11. The number of aromatic nitrogens is 3. The van der Waals surface area contributed by atoms with E-state index in [2.05, 4.69) is 31.6 Å². The predicted molar refractivity (Wildman–Crippen MR) is 105 cm³/mol. The average molecular weight is 374 g/mol. The third kappa shape index (κ3) is 4.53. The number of nitrogens with zero attached hydrogens (tertiary/aromatic N) is 5. The van der Waals surface area contributed by atoms with Gasteiger partial charge in [-0.15, -0.1) is 10.2 Å². The van der Waals surface area contributed by atoms with Gasteiger partial charge in [-0.3, -0.25) is 9.69 Å². The zero-order chi connectivity index (χ0) is 18.6. The van der Waals surface area contributed by atoms with Crippen LogP contribution >= 0.6 is 0 Å². The van der Waals surface area contributed by atoms with Crippen LogP contribution in [0.4, 0.5) is 0 Å². The first-order chi connectivity index (χ1) is 13.2. The summed E-state index contributed by atoms with van der Waals surface area (Å²) in [6.45, 7) is 4.99. The Kier molecular flexibility index (Phi) is 6.11. The number of rotatable bonds is 5. The van der Waals surface area contributed by atoms with Crippen LogP contribution in [0.1, 0.15) is 81.8 Å². The molecule has 1 amide bonds. The Morgan fingerprint density at radius 3 is 2.52 bits per heavy atom. The van der Waals surface area contributed by atoms with E-state index in [4.69, 9.17) is 0 Å². The summed E-state index contributed by atoms with van der Waals surface area (Å²) in [6, 6.07) is 0. The lowest BCUT2D eigenvalue weighted by molar-refractivity contribution is -0.133. The summed E-state index contributed by atoms with van der Waals surface area (Å²) in [4.78, 5) is 17.4. The smallest absolute Gasteiger partial charge is 0.222 e. The number of piperidine rings is 2. The maximum absolute atomic E-state index is 12.8. The van der Waals surface area contributed by atoms with E-state index in [9.17, 15) is 4.79 Å². The number of hydrogen-bond donors (Lipinski definition) is 0. The molecular weight excluding hydrogens is 338 g/mol. The van der Waals surface area contributed by atoms with Gasteiger partial charge < -0.3 is 9.47 Å².